The lowest BCUT2D eigenvalue weighted by Crippen LogP contribution is -2.61. The van der Waals surface area contributed by atoms with Crippen molar-refractivity contribution in [2.24, 2.45) is 11.7 Å². The summed E-state index contributed by atoms with van der Waals surface area (Å²) >= 11 is 0. The SMILES string of the molecule is CCN(C1CC1)C1(CN)CC(C)C1. The molecule has 0 bridgehead atoms. The third-order valence-electron chi connectivity index (χ3n) is 3.77. The van der Waals surface area contributed by atoms with Crippen LogP contribution >= 0.6 is 0 Å². The van der Waals surface area contributed by atoms with Gasteiger partial charge in [-0.25, -0.2) is 0 Å². The van der Waals surface area contributed by atoms with E-state index in [0.29, 0.717) is 5.54 Å². The molecule has 0 heterocycles. The molecule has 0 aromatic rings. The summed E-state index contributed by atoms with van der Waals surface area (Å²) in [6.07, 6.45) is 5.47. The van der Waals surface area contributed by atoms with E-state index in [4.69, 9.17) is 5.73 Å². The Bertz CT molecular complexity index is 181. The summed E-state index contributed by atoms with van der Waals surface area (Å²) in [5.74, 6) is 0.899. The van der Waals surface area contributed by atoms with Crippen LogP contribution in [-0.4, -0.2) is 29.6 Å². The lowest BCUT2D eigenvalue weighted by atomic mass is 9.68. The van der Waals surface area contributed by atoms with Crippen LogP contribution in [0.1, 0.15) is 39.5 Å². The van der Waals surface area contributed by atoms with Gasteiger partial charge in [0.2, 0.25) is 0 Å². The van der Waals surface area contributed by atoms with E-state index in [-0.39, 0.29) is 0 Å². The third kappa shape index (κ3) is 1.50. The molecule has 0 aliphatic heterocycles. The Kier molecular flexibility index (Phi) is 2.37. The van der Waals surface area contributed by atoms with Gasteiger partial charge in [0.05, 0.1) is 0 Å². The normalized spacial score (nSPS) is 39.2. The first-order valence-corrected chi connectivity index (χ1v) is 5.68. The average molecular weight is 182 g/mol. The lowest BCUT2D eigenvalue weighted by Gasteiger charge is -2.53. The predicted octanol–water partition coefficient (Wildman–Crippen LogP) is 1.60. The summed E-state index contributed by atoms with van der Waals surface area (Å²) in [4.78, 5) is 2.67. The van der Waals surface area contributed by atoms with Crippen molar-refractivity contribution < 1.29 is 0 Å². The van der Waals surface area contributed by atoms with Crippen LogP contribution in [0.3, 0.4) is 0 Å². The minimum atomic E-state index is 0.398. The largest absolute Gasteiger partial charge is 0.329 e. The van der Waals surface area contributed by atoms with E-state index in [9.17, 15) is 0 Å². The fraction of sp³-hybridized carbons (Fsp3) is 1.00. The van der Waals surface area contributed by atoms with E-state index in [1.54, 1.807) is 0 Å². The molecule has 0 spiro atoms. The van der Waals surface area contributed by atoms with Gasteiger partial charge in [-0.05, 0) is 38.1 Å². The van der Waals surface area contributed by atoms with Crippen molar-refractivity contribution in [2.45, 2.75) is 51.1 Å². The minimum absolute atomic E-state index is 0.398. The highest BCUT2D eigenvalue weighted by atomic mass is 15.3. The Morgan fingerprint density at radius 2 is 2.00 bits per heavy atom. The molecule has 2 aliphatic carbocycles. The molecule has 0 aromatic carbocycles. The molecule has 0 radical (unpaired) electrons. The van der Waals surface area contributed by atoms with Crippen LogP contribution < -0.4 is 5.73 Å². The summed E-state index contributed by atoms with van der Waals surface area (Å²) in [5.41, 5.74) is 6.33. The quantitative estimate of drug-likeness (QED) is 0.715. The smallest absolute Gasteiger partial charge is 0.0339 e. The van der Waals surface area contributed by atoms with Gasteiger partial charge in [-0.3, -0.25) is 4.90 Å². The minimum Gasteiger partial charge on any atom is -0.329 e. The van der Waals surface area contributed by atoms with Gasteiger partial charge in [-0.1, -0.05) is 13.8 Å². The first-order valence-electron chi connectivity index (χ1n) is 5.68. The summed E-state index contributed by atoms with van der Waals surface area (Å²) in [6.45, 7) is 6.67. The van der Waals surface area contributed by atoms with Gasteiger partial charge in [0.15, 0.2) is 0 Å². The van der Waals surface area contributed by atoms with E-state index in [2.05, 4.69) is 18.7 Å². The molecule has 0 saturated heterocycles. The molecule has 0 atom stereocenters. The predicted molar refractivity (Wildman–Crippen MR) is 55.6 cm³/mol. The molecular weight excluding hydrogens is 160 g/mol. The van der Waals surface area contributed by atoms with E-state index in [1.165, 1.54) is 32.2 Å². The standard InChI is InChI=1S/C11H22N2/c1-3-13(10-4-5-10)11(8-12)6-9(2)7-11/h9-10H,3-8,12H2,1-2H3. The average Bonchev–Trinajstić information content (AvgIpc) is 2.85. The van der Waals surface area contributed by atoms with Crippen molar-refractivity contribution in [3.8, 4) is 0 Å². The molecule has 2 rings (SSSR count). The summed E-state index contributed by atoms with van der Waals surface area (Å²) < 4.78 is 0. The molecule has 2 nitrogen and oxygen atoms in total. The maximum absolute atomic E-state index is 5.93. The third-order valence-corrected chi connectivity index (χ3v) is 3.77. The zero-order valence-corrected chi connectivity index (χ0v) is 8.92. The lowest BCUT2D eigenvalue weighted by molar-refractivity contribution is -0.0153. The van der Waals surface area contributed by atoms with Gasteiger partial charge in [0.1, 0.15) is 0 Å². The monoisotopic (exact) mass is 182 g/mol. The van der Waals surface area contributed by atoms with Crippen LogP contribution in [0.5, 0.6) is 0 Å². The van der Waals surface area contributed by atoms with E-state index in [0.717, 1.165) is 18.5 Å². The van der Waals surface area contributed by atoms with Crippen LogP contribution in [0.25, 0.3) is 0 Å². The molecule has 2 N–H and O–H groups in total. The number of nitrogens with zero attached hydrogens (tertiary/aromatic N) is 1. The molecule has 0 amide bonds. The summed E-state index contributed by atoms with van der Waals surface area (Å²) in [5, 5.41) is 0. The maximum Gasteiger partial charge on any atom is 0.0339 e. The molecular formula is C11H22N2. The van der Waals surface area contributed by atoms with Gasteiger partial charge >= 0.3 is 0 Å². The van der Waals surface area contributed by atoms with Gasteiger partial charge in [0.25, 0.3) is 0 Å². The molecule has 0 unspecified atom stereocenters. The van der Waals surface area contributed by atoms with Crippen molar-refractivity contribution in [3.63, 3.8) is 0 Å². The van der Waals surface area contributed by atoms with Gasteiger partial charge < -0.3 is 5.73 Å². The van der Waals surface area contributed by atoms with Crippen molar-refractivity contribution in [2.75, 3.05) is 13.1 Å². The van der Waals surface area contributed by atoms with E-state index in [1.807, 2.05) is 0 Å². The zero-order chi connectivity index (χ0) is 9.47. The number of nitrogens with two attached hydrogens (primary N) is 1. The second-order valence-electron chi connectivity index (χ2n) is 4.96. The second kappa shape index (κ2) is 3.25. The van der Waals surface area contributed by atoms with E-state index < -0.39 is 0 Å². The summed E-state index contributed by atoms with van der Waals surface area (Å²) in [6, 6.07) is 0.876. The Hall–Kier alpha value is -0.0800. The Labute approximate surface area is 81.5 Å². The molecule has 2 heteroatoms. The molecule has 2 saturated carbocycles. The van der Waals surface area contributed by atoms with Gasteiger partial charge in [-0.15, -0.1) is 0 Å². The molecule has 2 aliphatic rings. The topological polar surface area (TPSA) is 29.3 Å². The maximum atomic E-state index is 5.93. The first-order chi connectivity index (χ1) is 6.22. The second-order valence-corrected chi connectivity index (χ2v) is 4.96. The van der Waals surface area contributed by atoms with Crippen LogP contribution in [-0.2, 0) is 0 Å². The molecule has 76 valence electrons. The van der Waals surface area contributed by atoms with Crippen LogP contribution in [0.4, 0.5) is 0 Å². The molecule has 2 fully saturated rings. The number of hydrogen-bond donors (Lipinski definition) is 1. The summed E-state index contributed by atoms with van der Waals surface area (Å²) in [7, 11) is 0. The van der Waals surface area contributed by atoms with Crippen LogP contribution in [0.2, 0.25) is 0 Å². The van der Waals surface area contributed by atoms with E-state index >= 15 is 0 Å². The molecule has 0 aromatic heterocycles. The highest BCUT2D eigenvalue weighted by molar-refractivity contribution is 5.06. The highest BCUT2D eigenvalue weighted by Crippen LogP contribution is 2.45. The Morgan fingerprint density at radius 1 is 1.38 bits per heavy atom. The van der Waals surface area contributed by atoms with Crippen molar-refractivity contribution >= 4 is 0 Å². The van der Waals surface area contributed by atoms with Crippen molar-refractivity contribution in [3.05, 3.63) is 0 Å². The first kappa shape index (κ1) is 9.47. The molecule has 13 heavy (non-hydrogen) atoms. The highest BCUT2D eigenvalue weighted by Gasteiger charge is 2.49. The fourth-order valence-corrected chi connectivity index (χ4v) is 3.12. The number of hydrogen-bond acceptors (Lipinski definition) is 2. The van der Waals surface area contributed by atoms with Crippen molar-refractivity contribution in [1.29, 1.82) is 0 Å². The van der Waals surface area contributed by atoms with Crippen LogP contribution in [0, 0.1) is 5.92 Å². The number of rotatable bonds is 4. The van der Waals surface area contributed by atoms with Crippen LogP contribution in [0.15, 0.2) is 0 Å². The number of likely N-dealkylation sites (N-methyl/N-ethyl adjacent to an activating group) is 1. The van der Waals surface area contributed by atoms with Gasteiger partial charge in [0, 0.05) is 18.1 Å². The zero-order valence-electron chi connectivity index (χ0n) is 8.92. The Morgan fingerprint density at radius 3 is 2.31 bits per heavy atom. The van der Waals surface area contributed by atoms with Crippen molar-refractivity contribution in [1.82, 2.24) is 4.90 Å². The fourth-order valence-electron chi connectivity index (χ4n) is 3.12. The van der Waals surface area contributed by atoms with Gasteiger partial charge in [-0.2, -0.15) is 0 Å². The Balaban J connectivity index is 2.01.